The molecule has 1 N–H and O–H groups in total. The molecule has 0 spiro atoms. The van der Waals surface area contributed by atoms with E-state index in [1.54, 1.807) is 18.5 Å². The van der Waals surface area contributed by atoms with Gasteiger partial charge in [0, 0.05) is 24.7 Å². The number of H-pyrrole nitrogens is 1. The first kappa shape index (κ1) is 25.0. The second-order valence-electron chi connectivity index (χ2n) is 7.60. The second kappa shape index (κ2) is 11.4. The smallest absolute Gasteiger partial charge is 0.249 e. The van der Waals surface area contributed by atoms with Crippen LogP contribution in [0.15, 0.2) is 36.8 Å². The Bertz CT molecular complexity index is 813. The summed E-state index contributed by atoms with van der Waals surface area (Å²) in [6.07, 6.45) is 6.46. The van der Waals surface area contributed by atoms with Crippen LogP contribution in [0.3, 0.4) is 0 Å². The van der Waals surface area contributed by atoms with E-state index in [1.807, 2.05) is 32.8 Å². The van der Waals surface area contributed by atoms with E-state index in [0.717, 1.165) is 5.56 Å². The lowest BCUT2D eigenvalue weighted by Crippen LogP contribution is -2.66. The molecule has 1 aromatic rings. The Morgan fingerprint density at radius 1 is 1.42 bits per heavy atom. The Hall–Kier alpha value is -2.28. The number of rotatable bonds is 12. The fraction of sp³-hybridized carbons (Fsp3) is 0.565. The molecule has 1 aromatic heterocycles. The third-order valence-corrected chi connectivity index (χ3v) is 6.34. The fourth-order valence-electron chi connectivity index (χ4n) is 4.30. The number of ether oxygens (including phenoxy) is 1. The summed E-state index contributed by atoms with van der Waals surface area (Å²) in [6.45, 7) is 10.1. The zero-order valence-electron chi connectivity index (χ0n) is 18.6. The topological polar surface area (TPSA) is 82.7 Å². The molecule has 1 fully saturated rings. The van der Waals surface area contributed by atoms with Crippen molar-refractivity contribution < 1.29 is 19.1 Å². The third kappa shape index (κ3) is 4.81. The Balaban J connectivity index is 2.24. The van der Waals surface area contributed by atoms with Gasteiger partial charge in [0.2, 0.25) is 11.8 Å². The highest BCUT2D eigenvalue weighted by molar-refractivity contribution is 7.80. The van der Waals surface area contributed by atoms with Crippen molar-refractivity contribution in [2.24, 2.45) is 5.41 Å². The second-order valence-corrected chi connectivity index (χ2v) is 8.05. The average molecular weight is 448 g/mol. The van der Waals surface area contributed by atoms with Crippen LogP contribution in [-0.2, 0) is 19.1 Å². The van der Waals surface area contributed by atoms with Crippen LogP contribution < -0.4 is 0 Å². The molecule has 0 saturated carbocycles. The van der Waals surface area contributed by atoms with Gasteiger partial charge in [-0.25, -0.2) is 4.79 Å². The lowest BCUT2D eigenvalue weighted by atomic mass is 9.69. The van der Waals surface area contributed by atoms with E-state index < -0.39 is 17.6 Å². The van der Waals surface area contributed by atoms with E-state index >= 15 is 0 Å². The summed E-state index contributed by atoms with van der Waals surface area (Å²) in [5.74, 6) is 1.55. The number of nitrogens with one attached hydrogen (secondary N) is 1. The first-order valence-electron chi connectivity index (χ1n) is 10.8. The van der Waals surface area contributed by atoms with Crippen molar-refractivity contribution in [2.75, 3.05) is 25.4 Å². The van der Waals surface area contributed by atoms with Gasteiger partial charge in [-0.15, -0.1) is 6.58 Å². The van der Waals surface area contributed by atoms with Gasteiger partial charge in [-0.1, -0.05) is 19.9 Å². The Labute approximate surface area is 189 Å². The molecule has 31 heavy (non-hydrogen) atoms. The summed E-state index contributed by atoms with van der Waals surface area (Å²) >= 11 is 4.19. The summed E-state index contributed by atoms with van der Waals surface area (Å²) in [5, 5.41) is 0. The van der Waals surface area contributed by atoms with E-state index in [2.05, 4.69) is 24.2 Å². The van der Waals surface area contributed by atoms with Gasteiger partial charge in [0.05, 0.1) is 17.9 Å². The van der Waals surface area contributed by atoms with Crippen LogP contribution in [0.4, 0.5) is 0 Å². The van der Waals surface area contributed by atoms with E-state index in [-0.39, 0.29) is 18.4 Å². The third-order valence-electron chi connectivity index (χ3n) is 6.16. The van der Waals surface area contributed by atoms with E-state index in [1.165, 1.54) is 9.80 Å². The maximum atomic E-state index is 13.2. The first-order valence-corrected chi connectivity index (χ1v) is 11.4. The number of carbonyl (C=O) groups excluding carboxylic acids is 3. The van der Waals surface area contributed by atoms with Crippen molar-refractivity contribution in [3.05, 3.63) is 42.4 Å². The number of allylic oxidation sites excluding steroid dienone is 1. The standard InChI is InChI=1S/C23H33N3O4S/c1-5-9-18(17-10-11-24-14-17)21(29)25(8-4)15-20(28)26-19(16-27)23(6-2,7-3)22(26)30-12-13-31/h5,10-11,14,18,22,24,31H,1,6-9,12-13,15H2,2-4H3. The summed E-state index contributed by atoms with van der Waals surface area (Å²) in [4.78, 5) is 44.1. The molecule has 2 unspecified atom stereocenters. The highest BCUT2D eigenvalue weighted by Crippen LogP contribution is 2.52. The van der Waals surface area contributed by atoms with Gasteiger partial charge in [0.1, 0.15) is 24.4 Å². The molecule has 0 bridgehead atoms. The average Bonchev–Trinajstić information content (AvgIpc) is 3.30. The minimum absolute atomic E-state index is 0.136. The van der Waals surface area contributed by atoms with Crippen molar-refractivity contribution in [1.82, 2.24) is 14.8 Å². The highest BCUT2D eigenvalue weighted by Gasteiger charge is 2.59. The van der Waals surface area contributed by atoms with Crippen LogP contribution in [0.2, 0.25) is 0 Å². The number of thiol groups is 1. The Morgan fingerprint density at radius 3 is 2.61 bits per heavy atom. The number of aromatic nitrogens is 1. The maximum absolute atomic E-state index is 13.2. The molecule has 7 nitrogen and oxygen atoms in total. The van der Waals surface area contributed by atoms with Crippen LogP contribution in [0, 0.1) is 5.41 Å². The number of nitrogens with zero attached hydrogens (tertiary/aromatic N) is 2. The molecule has 1 aliphatic rings. The highest BCUT2D eigenvalue weighted by atomic mass is 32.1. The SMILES string of the molecule is C=CCC(C(=O)N(CC)CC(=O)N1C(=C=O)C(CC)(CC)C1OCCS)c1cc[nH]c1. The first-order chi connectivity index (χ1) is 14.9. The summed E-state index contributed by atoms with van der Waals surface area (Å²) < 4.78 is 5.92. The van der Waals surface area contributed by atoms with Crippen molar-refractivity contribution in [2.45, 2.75) is 52.2 Å². The molecule has 0 aromatic carbocycles. The molecule has 2 heterocycles. The zero-order valence-corrected chi connectivity index (χ0v) is 19.5. The van der Waals surface area contributed by atoms with E-state index in [9.17, 15) is 14.4 Å². The number of likely N-dealkylation sites (N-methyl/N-ethyl adjacent to an activating group) is 1. The van der Waals surface area contributed by atoms with E-state index in [0.29, 0.717) is 43.9 Å². The summed E-state index contributed by atoms with van der Waals surface area (Å²) in [6, 6.07) is 1.85. The van der Waals surface area contributed by atoms with Gasteiger partial charge in [-0.3, -0.25) is 14.5 Å². The maximum Gasteiger partial charge on any atom is 0.249 e. The van der Waals surface area contributed by atoms with Crippen LogP contribution in [0.5, 0.6) is 0 Å². The molecule has 2 amide bonds. The molecule has 2 atom stereocenters. The van der Waals surface area contributed by atoms with Crippen LogP contribution in [0.25, 0.3) is 0 Å². The van der Waals surface area contributed by atoms with Crippen LogP contribution in [-0.4, -0.2) is 64.2 Å². The predicted molar refractivity (Wildman–Crippen MR) is 123 cm³/mol. The Kier molecular flexibility index (Phi) is 9.16. The van der Waals surface area contributed by atoms with Gasteiger partial charge >= 0.3 is 0 Å². The molecule has 0 aliphatic carbocycles. The predicted octanol–water partition coefficient (Wildman–Crippen LogP) is 3.16. The van der Waals surface area contributed by atoms with Crippen LogP contribution in [0.1, 0.15) is 51.5 Å². The van der Waals surface area contributed by atoms with Gasteiger partial charge in [0.15, 0.2) is 0 Å². The molecule has 8 heteroatoms. The van der Waals surface area contributed by atoms with Crippen molar-refractivity contribution in [1.29, 1.82) is 0 Å². The minimum Gasteiger partial charge on any atom is -0.367 e. The van der Waals surface area contributed by atoms with Crippen molar-refractivity contribution >= 4 is 30.4 Å². The number of hydrogen-bond acceptors (Lipinski definition) is 5. The zero-order chi connectivity index (χ0) is 23.0. The summed E-state index contributed by atoms with van der Waals surface area (Å²) in [5.41, 5.74) is 0.611. The van der Waals surface area contributed by atoms with Gasteiger partial charge in [0.25, 0.3) is 0 Å². The monoisotopic (exact) mass is 447 g/mol. The van der Waals surface area contributed by atoms with Crippen LogP contribution >= 0.6 is 12.6 Å². The van der Waals surface area contributed by atoms with Gasteiger partial charge in [-0.05, 0) is 37.8 Å². The molecule has 2 rings (SSSR count). The van der Waals surface area contributed by atoms with Gasteiger partial charge in [-0.2, -0.15) is 12.6 Å². The van der Waals surface area contributed by atoms with E-state index in [4.69, 9.17) is 4.74 Å². The molecule has 170 valence electrons. The minimum atomic E-state index is -0.555. The fourth-order valence-corrected chi connectivity index (χ4v) is 4.40. The molecular weight excluding hydrogens is 414 g/mol. The number of hydrogen-bond donors (Lipinski definition) is 2. The number of likely N-dealkylation sites (tertiary alicyclic amines) is 1. The van der Waals surface area contributed by atoms with Gasteiger partial charge < -0.3 is 14.6 Å². The molecule has 1 aliphatic heterocycles. The lowest BCUT2D eigenvalue weighted by molar-refractivity contribution is -0.193. The number of carbonyl (C=O) groups is 2. The number of amides is 2. The van der Waals surface area contributed by atoms with Crippen molar-refractivity contribution in [3.8, 4) is 0 Å². The Morgan fingerprint density at radius 2 is 2.13 bits per heavy atom. The summed E-state index contributed by atoms with van der Waals surface area (Å²) in [7, 11) is 0. The molecule has 0 radical (unpaired) electrons. The quantitative estimate of drug-likeness (QED) is 0.293. The molecular formula is C23H33N3O4S. The molecule has 1 saturated heterocycles. The normalized spacial score (nSPS) is 18.1. The number of aromatic amines is 1. The largest absolute Gasteiger partial charge is 0.367 e. The van der Waals surface area contributed by atoms with Crippen molar-refractivity contribution in [3.63, 3.8) is 0 Å². The lowest BCUT2D eigenvalue weighted by Gasteiger charge is -2.56.